The topological polar surface area (TPSA) is 204 Å². The van der Waals surface area contributed by atoms with Gasteiger partial charge < -0.3 is 60.5 Å². The molecule has 4 aliphatic rings. The Bertz CT molecular complexity index is 1810. The molecule has 4 aliphatic heterocycles. The number of ether oxygens (including phenoxy) is 5. The van der Waals surface area contributed by atoms with E-state index >= 15 is 0 Å². The number of piperidine rings is 1. The van der Waals surface area contributed by atoms with Crippen LogP contribution in [0.1, 0.15) is 78.6 Å². The van der Waals surface area contributed by atoms with E-state index in [1.807, 2.05) is 44.7 Å². The van der Waals surface area contributed by atoms with Gasteiger partial charge in [0, 0.05) is 98.8 Å². The Morgan fingerprint density at radius 3 is 2.57 bits per heavy atom. The number of hydrogen-bond acceptors (Lipinski definition) is 15. The molecule has 0 aliphatic carbocycles. The van der Waals surface area contributed by atoms with Crippen molar-refractivity contribution in [2.45, 2.75) is 101 Å². The largest absolute Gasteiger partial charge is 0.493 e. The molecule has 0 bridgehead atoms. The van der Waals surface area contributed by atoms with E-state index in [2.05, 4.69) is 26.2 Å². The first kappa shape index (κ1) is 46.1. The summed E-state index contributed by atoms with van der Waals surface area (Å²) in [7, 11) is 1.60. The van der Waals surface area contributed by atoms with Gasteiger partial charge in [-0.25, -0.2) is 9.78 Å². The first-order chi connectivity index (χ1) is 29.5. The van der Waals surface area contributed by atoms with Gasteiger partial charge in [-0.3, -0.25) is 9.59 Å². The predicted molar refractivity (Wildman–Crippen MR) is 237 cm³/mol. The molecule has 61 heavy (non-hydrogen) atoms. The molecule has 17 nitrogen and oxygen atoms in total. The van der Waals surface area contributed by atoms with Crippen LogP contribution < -0.4 is 41.4 Å². The minimum atomic E-state index is -0.562. The molecule has 2 aromatic rings. The Labute approximate surface area is 364 Å². The molecule has 0 radical (unpaired) electrons. The van der Waals surface area contributed by atoms with Gasteiger partial charge in [0.25, 0.3) is 0 Å². The zero-order chi connectivity index (χ0) is 43.2. The Morgan fingerprint density at radius 2 is 1.80 bits per heavy atom. The number of carbonyl (C=O) groups excluding carboxylic acids is 3. The van der Waals surface area contributed by atoms with Crippen molar-refractivity contribution in [3.05, 3.63) is 24.0 Å². The maximum atomic E-state index is 12.9. The highest BCUT2D eigenvalue weighted by Gasteiger charge is 2.42. The number of nitrogens with one attached hydrogen (secondary N) is 4. The molecule has 0 unspecified atom stereocenters. The van der Waals surface area contributed by atoms with Crippen molar-refractivity contribution in [1.82, 2.24) is 30.8 Å². The molecule has 5 heterocycles. The second-order valence-corrected chi connectivity index (χ2v) is 18.5. The lowest BCUT2D eigenvalue weighted by Crippen LogP contribution is -2.47. The van der Waals surface area contributed by atoms with Crippen LogP contribution in [0.4, 0.5) is 16.6 Å². The van der Waals surface area contributed by atoms with Crippen LogP contribution in [0.2, 0.25) is 0 Å². The summed E-state index contributed by atoms with van der Waals surface area (Å²) in [5.74, 6) is 4.07. The summed E-state index contributed by atoms with van der Waals surface area (Å²) >= 11 is 1.96. The van der Waals surface area contributed by atoms with Crippen molar-refractivity contribution in [2.75, 3.05) is 95.4 Å². The number of aromatic nitrogens is 2. The monoisotopic (exact) mass is 869 g/mol. The third kappa shape index (κ3) is 14.0. The van der Waals surface area contributed by atoms with Crippen LogP contribution in [-0.2, 0) is 23.8 Å². The molecule has 3 amide bonds. The number of thioether (sulfide) groups is 1. The van der Waals surface area contributed by atoms with Crippen molar-refractivity contribution in [2.24, 2.45) is 11.7 Å². The number of fused-ring (bicyclic) bond motifs is 2. The minimum absolute atomic E-state index is 0.0177. The van der Waals surface area contributed by atoms with Crippen LogP contribution in [0.3, 0.4) is 0 Å². The van der Waals surface area contributed by atoms with Gasteiger partial charge in [-0.15, -0.1) is 0 Å². The number of benzene rings is 1. The standard InChI is InChI=1S/C43H67N9O8S/c1-43(2,3)60-42(55)52-17-9-10-30(26-52)47-40-32-22-35(56-4)36(24-33(32)49-41(50-40)51-15-7-8-16-51)59-27-29(44)25-45-13-18-57-20-21-58-19-14-46-38(53)12-6-5-11-37-31-23-39(54)48-34(31)28-61-37/h22,24-25,30-31,34,37,45H,5-21,23,26-28,44H2,1-4H3,(H,46,53)(H,48,54)(H,47,49,50)/b29-25-/t30-,31+,34+,37+/m1/s1. The number of rotatable bonds is 22. The molecule has 0 saturated carbocycles. The Balaban J connectivity index is 0.878. The van der Waals surface area contributed by atoms with Gasteiger partial charge in [0.1, 0.15) is 18.0 Å². The van der Waals surface area contributed by atoms with Crippen LogP contribution in [0.25, 0.3) is 10.9 Å². The molecule has 18 heteroatoms. The van der Waals surface area contributed by atoms with Crippen molar-refractivity contribution in [1.29, 1.82) is 0 Å². The summed E-state index contributed by atoms with van der Waals surface area (Å²) in [5.41, 5.74) is 6.93. The number of nitrogens with two attached hydrogens (primary N) is 1. The van der Waals surface area contributed by atoms with E-state index in [-0.39, 0.29) is 30.6 Å². The molecule has 338 valence electrons. The molecular formula is C43H67N9O8S. The minimum Gasteiger partial charge on any atom is -0.493 e. The summed E-state index contributed by atoms with van der Waals surface area (Å²) in [5, 5.41) is 14.1. The summed E-state index contributed by atoms with van der Waals surface area (Å²) < 4.78 is 28.8. The van der Waals surface area contributed by atoms with Crippen LogP contribution in [-0.4, -0.2) is 141 Å². The summed E-state index contributed by atoms with van der Waals surface area (Å²) in [6, 6.07) is 4.08. The van der Waals surface area contributed by atoms with Gasteiger partial charge in [-0.05, 0) is 65.4 Å². The van der Waals surface area contributed by atoms with Gasteiger partial charge in [-0.1, -0.05) is 6.42 Å². The number of hydrogen-bond donors (Lipinski definition) is 5. The normalized spacial score (nSPS) is 21.6. The second-order valence-electron chi connectivity index (χ2n) is 17.2. The Hall–Kier alpha value is -4.42. The summed E-state index contributed by atoms with van der Waals surface area (Å²) in [6.07, 6.45) is 9.39. The number of methoxy groups -OCH3 is 1. The number of carbonyl (C=O) groups is 3. The lowest BCUT2D eigenvalue weighted by molar-refractivity contribution is -0.121. The zero-order valence-electron chi connectivity index (χ0n) is 36.4. The molecule has 1 aromatic heterocycles. The highest BCUT2D eigenvalue weighted by atomic mass is 32.2. The van der Waals surface area contributed by atoms with Crippen molar-refractivity contribution in [3.8, 4) is 11.5 Å². The fourth-order valence-corrected chi connectivity index (χ4v) is 9.77. The van der Waals surface area contributed by atoms with E-state index in [9.17, 15) is 14.4 Å². The number of anilines is 2. The molecule has 4 saturated heterocycles. The van der Waals surface area contributed by atoms with Crippen molar-refractivity contribution in [3.63, 3.8) is 0 Å². The van der Waals surface area contributed by atoms with E-state index in [1.54, 1.807) is 18.2 Å². The fourth-order valence-electron chi connectivity index (χ4n) is 8.12. The Morgan fingerprint density at radius 1 is 1.02 bits per heavy atom. The SMILES string of the molecule is COc1cc2c(N[C@@H]3CCCN(C(=O)OC(C)(C)C)C3)nc(N3CCCC3)nc2cc1OC/C(N)=C/NCCOCCOCCNC(=O)CCCC[C@@H]1SC[C@@H]2NC(=O)C[C@@H]21. The molecule has 6 N–H and O–H groups in total. The van der Waals surface area contributed by atoms with Gasteiger partial charge in [0.05, 0.1) is 44.8 Å². The molecule has 1 aromatic carbocycles. The summed E-state index contributed by atoms with van der Waals surface area (Å²) in [6.45, 7) is 11.5. The number of unbranched alkanes of at least 4 members (excludes halogenated alkanes) is 1. The molecule has 4 atom stereocenters. The van der Waals surface area contributed by atoms with Gasteiger partial charge in [0.15, 0.2) is 11.5 Å². The maximum absolute atomic E-state index is 12.9. The maximum Gasteiger partial charge on any atom is 0.410 e. The predicted octanol–water partition coefficient (Wildman–Crippen LogP) is 4.15. The van der Waals surface area contributed by atoms with Gasteiger partial charge in [0.2, 0.25) is 17.8 Å². The fraction of sp³-hybridized carbons (Fsp3) is 0.698. The van der Waals surface area contributed by atoms with Crippen LogP contribution >= 0.6 is 11.8 Å². The first-order valence-corrected chi connectivity index (χ1v) is 23.0. The average Bonchev–Trinajstić information content (AvgIpc) is 3.99. The second kappa shape index (κ2) is 22.6. The van der Waals surface area contributed by atoms with E-state index in [0.29, 0.717) is 117 Å². The molecule has 0 spiro atoms. The average molecular weight is 870 g/mol. The third-order valence-electron chi connectivity index (χ3n) is 11.2. The lowest BCUT2D eigenvalue weighted by atomic mass is 9.94. The van der Waals surface area contributed by atoms with E-state index in [0.717, 1.165) is 69.2 Å². The Kier molecular flexibility index (Phi) is 17.1. The first-order valence-electron chi connectivity index (χ1n) is 22.0. The highest BCUT2D eigenvalue weighted by molar-refractivity contribution is 8.00. The molecule has 6 rings (SSSR count). The van der Waals surface area contributed by atoms with Gasteiger partial charge >= 0.3 is 6.09 Å². The number of nitrogens with zero attached hydrogens (tertiary/aromatic N) is 4. The molecular weight excluding hydrogens is 803 g/mol. The van der Waals surface area contributed by atoms with E-state index in [4.69, 9.17) is 39.4 Å². The lowest BCUT2D eigenvalue weighted by Gasteiger charge is -2.34. The van der Waals surface area contributed by atoms with E-state index < -0.39 is 5.60 Å². The van der Waals surface area contributed by atoms with Crippen LogP contribution in [0.15, 0.2) is 24.0 Å². The van der Waals surface area contributed by atoms with Crippen LogP contribution in [0, 0.1) is 5.92 Å². The zero-order valence-corrected chi connectivity index (χ0v) is 37.2. The smallest absolute Gasteiger partial charge is 0.410 e. The van der Waals surface area contributed by atoms with Crippen molar-refractivity contribution < 1.29 is 38.1 Å². The van der Waals surface area contributed by atoms with Crippen LogP contribution in [0.5, 0.6) is 11.5 Å². The quantitative estimate of drug-likeness (QED) is 0.106. The highest BCUT2D eigenvalue weighted by Crippen LogP contribution is 2.41. The third-order valence-corrected chi connectivity index (χ3v) is 12.7. The van der Waals surface area contributed by atoms with Crippen molar-refractivity contribution >= 4 is 52.3 Å². The van der Waals surface area contributed by atoms with E-state index in [1.165, 1.54) is 0 Å². The molecule has 4 fully saturated rings. The number of likely N-dealkylation sites (tertiary alicyclic amines) is 1. The number of amides is 3. The van der Waals surface area contributed by atoms with Gasteiger partial charge in [-0.2, -0.15) is 16.7 Å². The summed E-state index contributed by atoms with van der Waals surface area (Å²) in [4.78, 5) is 50.6.